The first-order valence-electron chi connectivity index (χ1n) is 11.4. The first kappa shape index (κ1) is 21.2. The third-order valence-electron chi connectivity index (χ3n) is 6.57. The summed E-state index contributed by atoms with van der Waals surface area (Å²) in [6.07, 6.45) is 0.929. The zero-order valence-electron chi connectivity index (χ0n) is 19.4. The smallest absolute Gasteiger partial charge is 0.291 e. The van der Waals surface area contributed by atoms with Crippen molar-refractivity contribution >= 4 is 16.9 Å². The molecule has 1 unspecified atom stereocenters. The quantitative estimate of drug-likeness (QED) is 0.392. The molecule has 1 aromatic heterocycles. The number of hydrogen-bond acceptors (Lipinski definition) is 3. The number of nitrogens with zero attached hydrogens (tertiary/aromatic N) is 1. The predicted octanol–water partition coefficient (Wildman–Crippen LogP) is 6.03. The molecule has 33 heavy (non-hydrogen) atoms. The molecule has 0 spiro atoms. The topological polar surface area (TPSA) is 50.5 Å². The lowest BCUT2D eigenvalue weighted by Gasteiger charge is -2.25. The number of carbonyl (C=O) groups is 1. The first-order valence-corrected chi connectivity index (χ1v) is 11.4. The Morgan fingerprint density at radius 3 is 2.18 bits per heavy atom. The van der Waals surface area contributed by atoms with E-state index in [1.807, 2.05) is 69.3 Å². The van der Waals surface area contributed by atoms with Crippen molar-refractivity contribution in [2.45, 2.75) is 46.7 Å². The molecule has 0 saturated heterocycles. The minimum absolute atomic E-state index is 0.123. The number of amides is 1. The minimum atomic E-state index is -0.485. The fourth-order valence-corrected chi connectivity index (χ4v) is 4.81. The van der Waals surface area contributed by atoms with Gasteiger partial charge in [-0.1, -0.05) is 67.1 Å². The molecule has 0 bridgehead atoms. The van der Waals surface area contributed by atoms with E-state index >= 15 is 0 Å². The maximum absolute atomic E-state index is 13.8. The van der Waals surface area contributed by atoms with Crippen LogP contribution in [-0.2, 0) is 13.0 Å². The molecule has 1 amide bonds. The summed E-state index contributed by atoms with van der Waals surface area (Å²) in [7, 11) is 0. The van der Waals surface area contributed by atoms with E-state index in [9.17, 15) is 9.59 Å². The third kappa shape index (κ3) is 3.56. The second kappa shape index (κ2) is 8.04. The van der Waals surface area contributed by atoms with Crippen molar-refractivity contribution in [3.8, 4) is 0 Å². The number of rotatable bonds is 4. The summed E-state index contributed by atoms with van der Waals surface area (Å²) < 4.78 is 6.18. The van der Waals surface area contributed by atoms with Crippen LogP contribution in [0, 0.1) is 20.8 Å². The molecule has 2 heterocycles. The van der Waals surface area contributed by atoms with Gasteiger partial charge in [-0.3, -0.25) is 9.59 Å². The summed E-state index contributed by atoms with van der Waals surface area (Å²) in [5.41, 5.74) is 6.98. The Morgan fingerprint density at radius 1 is 0.848 bits per heavy atom. The Morgan fingerprint density at radius 2 is 1.52 bits per heavy atom. The molecule has 0 aliphatic carbocycles. The monoisotopic (exact) mass is 437 g/mol. The summed E-state index contributed by atoms with van der Waals surface area (Å²) >= 11 is 0. The largest absolute Gasteiger partial charge is 0.450 e. The van der Waals surface area contributed by atoms with Crippen LogP contribution in [-0.4, -0.2) is 10.8 Å². The average molecular weight is 438 g/mol. The molecule has 0 fully saturated rings. The minimum Gasteiger partial charge on any atom is -0.450 e. The summed E-state index contributed by atoms with van der Waals surface area (Å²) in [5.74, 6) is -0.0785. The van der Waals surface area contributed by atoms with Gasteiger partial charge in [0.1, 0.15) is 5.58 Å². The van der Waals surface area contributed by atoms with E-state index in [-0.39, 0.29) is 17.1 Å². The van der Waals surface area contributed by atoms with Crippen LogP contribution in [0.25, 0.3) is 11.0 Å². The molecule has 4 heteroatoms. The summed E-state index contributed by atoms with van der Waals surface area (Å²) in [6, 6.07) is 19.7. The Hall–Kier alpha value is -3.66. The molecule has 3 aromatic carbocycles. The van der Waals surface area contributed by atoms with Gasteiger partial charge in [0, 0.05) is 6.54 Å². The van der Waals surface area contributed by atoms with Crippen molar-refractivity contribution in [3.05, 3.63) is 116 Å². The molecule has 4 nitrogen and oxygen atoms in total. The molecule has 0 N–H and O–H groups in total. The third-order valence-corrected chi connectivity index (χ3v) is 6.57. The molecular weight excluding hydrogens is 410 g/mol. The van der Waals surface area contributed by atoms with Crippen LogP contribution in [0.5, 0.6) is 0 Å². The molecule has 0 radical (unpaired) electrons. The predicted molar refractivity (Wildman–Crippen MR) is 131 cm³/mol. The van der Waals surface area contributed by atoms with E-state index in [4.69, 9.17) is 4.42 Å². The molecule has 4 aromatic rings. The lowest BCUT2D eigenvalue weighted by molar-refractivity contribution is 0.0714. The summed E-state index contributed by atoms with van der Waals surface area (Å²) in [6.45, 7) is 8.43. The maximum atomic E-state index is 13.8. The normalized spacial score (nSPS) is 15.3. The lowest BCUT2D eigenvalue weighted by atomic mass is 9.96. The average Bonchev–Trinajstić information content (AvgIpc) is 3.08. The van der Waals surface area contributed by atoms with Crippen molar-refractivity contribution in [1.29, 1.82) is 0 Å². The molecular formula is C29H27NO3. The maximum Gasteiger partial charge on any atom is 0.291 e. The summed E-state index contributed by atoms with van der Waals surface area (Å²) in [5, 5.41) is 0.534. The van der Waals surface area contributed by atoms with Gasteiger partial charge in [0.05, 0.1) is 17.0 Å². The van der Waals surface area contributed by atoms with Crippen LogP contribution in [0.2, 0.25) is 0 Å². The molecule has 1 aliphatic heterocycles. The lowest BCUT2D eigenvalue weighted by Crippen LogP contribution is -2.29. The summed E-state index contributed by atoms with van der Waals surface area (Å²) in [4.78, 5) is 29.2. The second-order valence-electron chi connectivity index (χ2n) is 9.05. The van der Waals surface area contributed by atoms with Gasteiger partial charge in [0.2, 0.25) is 5.76 Å². The Labute approximate surface area is 193 Å². The molecule has 166 valence electrons. The molecule has 5 rings (SSSR count). The van der Waals surface area contributed by atoms with E-state index in [0.717, 1.165) is 34.2 Å². The van der Waals surface area contributed by atoms with Crippen molar-refractivity contribution < 1.29 is 9.21 Å². The van der Waals surface area contributed by atoms with Crippen molar-refractivity contribution in [3.63, 3.8) is 0 Å². The van der Waals surface area contributed by atoms with E-state index < -0.39 is 6.04 Å². The van der Waals surface area contributed by atoms with Crippen molar-refractivity contribution in [2.24, 2.45) is 0 Å². The van der Waals surface area contributed by atoms with E-state index in [1.165, 1.54) is 5.56 Å². The highest BCUT2D eigenvalue weighted by molar-refractivity contribution is 5.99. The van der Waals surface area contributed by atoms with Gasteiger partial charge in [-0.05, 0) is 61.1 Å². The van der Waals surface area contributed by atoms with Crippen molar-refractivity contribution in [2.75, 3.05) is 0 Å². The number of fused-ring (bicyclic) bond motifs is 2. The Kier molecular flexibility index (Phi) is 5.16. The highest BCUT2D eigenvalue weighted by Gasteiger charge is 2.42. The van der Waals surface area contributed by atoms with Gasteiger partial charge in [0.25, 0.3) is 5.91 Å². The standard InChI is InChI=1S/C29H27NO3/c1-5-20-10-12-22(13-11-20)25-24-26(31)23-15-18(3)14-19(4)27(23)33-28(24)29(32)30(25)16-21-8-6-17(2)7-9-21/h6-15,25H,5,16H2,1-4H3. The molecule has 0 saturated carbocycles. The first-order chi connectivity index (χ1) is 15.9. The fraction of sp³-hybridized carbons (Fsp3) is 0.241. The fourth-order valence-electron chi connectivity index (χ4n) is 4.81. The Bertz CT molecular complexity index is 1430. The SMILES string of the molecule is CCc1ccc(C2c3c(oc4c(C)cc(C)cc4c3=O)C(=O)N2Cc2ccc(C)cc2)cc1. The number of benzene rings is 3. The van der Waals surface area contributed by atoms with Crippen LogP contribution in [0.1, 0.15) is 62.5 Å². The molecule has 1 atom stereocenters. The van der Waals surface area contributed by atoms with Gasteiger partial charge >= 0.3 is 0 Å². The number of carbonyl (C=O) groups excluding carboxylic acids is 1. The van der Waals surface area contributed by atoms with Crippen LogP contribution < -0.4 is 5.43 Å². The zero-order chi connectivity index (χ0) is 23.3. The highest BCUT2D eigenvalue weighted by Crippen LogP contribution is 2.39. The number of hydrogen-bond donors (Lipinski definition) is 0. The molecule has 1 aliphatic rings. The van der Waals surface area contributed by atoms with Gasteiger partial charge in [0.15, 0.2) is 5.43 Å². The number of aryl methyl sites for hydroxylation is 4. The second-order valence-corrected chi connectivity index (χ2v) is 9.05. The zero-order valence-corrected chi connectivity index (χ0v) is 19.4. The van der Waals surface area contributed by atoms with Gasteiger partial charge in [-0.2, -0.15) is 0 Å². The van der Waals surface area contributed by atoms with E-state index in [1.54, 1.807) is 4.90 Å². The van der Waals surface area contributed by atoms with Crippen molar-refractivity contribution in [1.82, 2.24) is 4.90 Å². The van der Waals surface area contributed by atoms with Crippen LogP contribution >= 0.6 is 0 Å². The van der Waals surface area contributed by atoms with Crippen LogP contribution in [0.3, 0.4) is 0 Å². The van der Waals surface area contributed by atoms with E-state index in [2.05, 4.69) is 19.1 Å². The highest BCUT2D eigenvalue weighted by atomic mass is 16.3. The van der Waals surface area contributed by atoms with Gasteiger partial charge in [-0.15, -0.1) is 0 Å². The van der Waals surface area contributed by atoms with Crippen LogP contribution in [0.15, 0.2) is 69.9 Å². The Balaban J connectivity index is 1.73. The van der Waals surface area contributed by atoms with Gasteiger partial charge in [-0.25, -0.2) is 0 Å². The van der Waals surface area contributed by atoms with E-state index in [0.29, 0.717) is 23.1 Å². The van der Waals surface area contributed by atoms with Gasteiger partial charge < -0.3 is 9.32 Å². The van der Waals surface area contributed by atoms with Crippen LogP contribution in [0.4, 0.5) is 0 Å².